The van der Waals surface area contributed by atoms with Crippen molar-refractivity contribution in [1.82, 2.24) is 5.32 Å². The highest BCUT2D eigenvalue weighted by Crippen LogP contribution is 2.31. The molecular formula is C18H21NO. The van der Waals surface area contributed by atoms with E-state index in [1.165, 1.54) is 11.1 Å². The maximum atomic E-state index is 6.19. The summed E-state index contributed by atoms with van der Waals surface area (Å²) in [7, 11) is 0. The van der Waals surface area contributed by atoms with Crippen LogP contribution in [0.4, 0.5) is 0 Å². The number of benzene rings is 2. The van der Waals surface area contributed by atoms with Crippen molar-refractivity contribution in [3.63, 3.8) is 0 Å². The minimum atomic E-state index is 0.184. The van der Waals surface area contributed by atoms with Crippen LogP contribution in [-0.4, -0.2) is 25.3 Å². The molecule has 0 amide bonds. The molecule has 1 aliphatic heterocycles. The molecule has 20 heavy (non-hydrogen) atoms. The summed E-state index contributed by atoms with van der Waals surface area (Å²) >= 11 is 0. The summed E-state index contributed by atoms with van der Waals surface area (Å²) in [5.41, 5.74) is 2.64. The van der Waals surface area contributed by atoms with Gasteiger partial charge in [0.25, 0.3) is 0 Å². The molecule has 0 bridgehead atoms. The molecule has 2 aromatic rings. The van der Waals surface area contributed by atoms with Gasteiger partial charge in [0.15, 0.2) is 0 Å². The number of morpholine rings is 1. The number of hydrogen-bond acceptors (Lipinski definition) is 2. The monoisotopic (exact) mass is 267 g/mol. The van der Waals surface area contributed by atoms with E-state index >= 15 is 0 Å². The van der Waals surface area contributed by atoms with E-state index in [4.69, 9.17) is 4.74 Å². The van der Waals surface area contributed by atoms with Crippen LogP contribution in [0.15, 0.2) is 60.7 Å². The van der Waals surface area contributed by atoms with Gasteiger partial charge in [-0.05, 0) is 18.1 Å². The van der Waals surface area contributed by atoms with E-state index in [2.05, 4.69) is 72.9 Å². The zero-order valence-electron chi connectivity index (χ0n) is 11.8. The van der Waals surface area contributed by atoms with Crippen molar-refractivity contribution in [2.75, 3.05) is 13.1 Å². The van der Waals surface area contributed by atoms with Crippen LogP contribution >= 0.6 is 0 Å². The van der Waals surface area contributed by atoms with Crippen LogP contribution in [0.1, 0.15) is 24.0 Å². The Kier molecular flexibility index (Phi) is 4.14. The van der Waals surface area contributed by atoms with Crippen molar-refractivity contribution in [3.8, 4) is 0 Å². The third-order valence-corrected chi connectivity index (χ3v) is 3.87. The molecular weight excluding hydrogens is 246 g/mol. The quantitative estimate of drug-likeness (QED) is 0.922. The molecule has 1 saturated heterocycles. The van der Waals surface area contributed by atoms with E-state index in [0.717, 1.165) is 13.1 Å². The zero-order chi connectivity index (χ0) is 13.8. The summed E-state index contributed by atoms with van der Waals surface area (Å²) in [5.74, 6) is 0.285. The molecule has 0 saturated carbocycles. The second-order valence-electron chi connectivity index (χ2n) is 5.44. The molecule has 1 aliphatic rings. The lowest BCUT2D eigenvalue weighted by atomic mass is 9.86. The van der Waals surface area contributed by atoms with Crippen LogP contribution in [0.3, 0.4) is 0 Å². The molecule has 1 heterocycles. The highest BCUT2D eigenvalue weighted by molar-refractivity contribution is 5.34. The Morgan fingerprint density at radius 1 is 0.900 bits per heavy atom. The Morgan fingerprint density at radius 2 is 1.45 bits per heavy atom. The molecule has 2 nitrogen and oxygen atoms in total. The van der Waals surface area contributed by atoms with Gasteiger partial charge in [-0.2, -0.15) is 0 Å². The Bertz CT molecular complexity index is 486. The second kappa shape index (κ2) is 6.21. The third-order valence-electron chi connectivity index (χ3n) is 3.87. The van der Waals surface area contributed by atoms with Gasteiger partial charge in [-0.3, -0.25) is 0 Å². The highest BCUT2D eigenvalue weighted by Gasteiger charge is 2.29. The predicted molar refractivity (Wildman–Crippen MR) is 81.9 cm³/mol. The average Bonchev–Trinajstić information content (AvgIpc) is 2.50. The van der Waals surface area contributed by atoms with Crippen molar-refractivity contribution in [2.24, 2.45) is 0 Å². The zero-order valence-corrected chi connectivity index (χ0v) is 11.8. The second-order valence-corrected chi connectivity index (χ2v) is 5.44. The van der Waals surface area contributed by atoms with Crippen LogP contribution in [0.25, 0.3) is 0 Å². The van der Waals surface area contributed by atoms with E-state index in [0.29, 0.717) is 0 Å². The first kappa shape index (κ1) is 13.3. The average molecular weight is 267 g/mol. The van der Waals surface area contributed by atoms with E-state index in [-0.39, 0.29) is 18.1 Å². The maximum Gasteiger partial charge on any atom is 0.0812 e. The fraction of sp³-hybridized carbons (Fsp3) is 0.333. The molecule has 2 heteroatoms. The van der Waals surface area contributed by atoms with Gasteiger partial charge in [-0.15, -0.1) is 0 Å². The summed E-state index contributed by atoms with van der Waals surface area (Å²) < 4.78 is 6.19. The number of ether oxygens (including phenoxy) is 1. The van der Waals surface area contributed by atoms with Crippen molar-refractivity contribution < 1.29 is 4.74 Å². The fourth-order valence-electron chi connectivity index (χ4n) is 2.96. The molecule has 0 spiro atoms. The van der Waals surface area contributed by atoms with Gasteiger partial charge >= 0.3 is 0 Å². The summed E-state index contributed by atoms with van der Waals surface area (Å²) in [5, 5.41) is 3.48. The highest BCUT2D eigenvalue weighted by atomic mass is 16.5. The molecule has 104 valence electrons. The maximum absolute atomic E-state index is 6.19. The van der Waals surface area contributed by atoms with Crippen molar-refractivity contribution >= 4 is 0 Å². The van der Waals surface area contributed by atoms with Gasteiger partial charge in [0.05, 0.1) is 12.2 Å². The Labute approximate surface area is 120 Å². The molecule has 0 radical (unpaired) electrons. The summed E-state index contributed by atoms with van der Waals surface area (Å²) in [6, 6.07) is 21.3. The van der Waals surface area contributed by atoms with Crippen molar-refractivity contribution in [2.45, 2.75) is 25.0 Å². The Hall–Kier alpha value is -1.64. The largest absolute Gasteiger partial charge is 0.372 e. The fourth-order valence-corrected chi connectivity index (χ4v) is 2.96. The van der Waals surface area contributed by atoms with Gasteiger partial charge in [0.2, 0.25) is 0 Å². The van der Waals surface area contributed by atoms with Crippen LogP contribution in [0.2, 0.25) is 0 Å². The third kappa shape index (κ3) is 2.92. The van der Waals surface area contributed by atoms with Gasteiger partial charge < -0.3 is 10.1 Å². The van der Waals surface area contributed by atoms with Crippen LogP contribution in [-0.2, 0) is 4.74 Å². The van der Waals surface area contributed by atoms with Crippen LogP contribution < -0.4 is 5.32 Å². The van der Waals surface area contributed by atoms with Gasteiger partial charge in [0, 0.05) is 19.0 Å². The molecule has 0 aliphatic carbocycles. The number of nitrogens with one attached hydrogen (secondary N) is 1. The first-order valence-electron chi connectivity index (χ1n) is 7.30. The standard InChI is InChI=1S/C18H21NO/c1-14-12-19-13-17(20-14)18(15-8-4-2-5-9-15)16-10-6-3-7-11-16/h2-11,14,17-19H,12-13H2,1H3. The van der Waals surface area contributed by atoms with Crippen LogP contribution in [0, 0.1) is 0 Å². The molecule has 3 rings (SSSR count). The normalized spacial score (nSPS) is 22.9. The molecule has 2 aromatic carbocycles. The Morgan fingerprint density at radius 3 is 1.95 bits per heavy atom. The minimum Gasteiger partial charge on any atom is -0.372 e. The topological polar surface area (TPSA) is 21.3 Å². The van der Waals surface area contributed by atoms with E-state index in [1.807, 2.05) is 0 Å². The summed E-state index contributed by atoms with van der Waals surface area (Å²) in [6.07, 6.45) is 0.451. The lowest BCUT2D eigenvalue weighted by Crippen LogP contribution is -2.46. The number of hydrogen-bond donors (Lipinski definition) is 1. The molecule has 2 atom stereocenters. The molecule has 1 N–H and O–H groups in total. The van der Waals surface area contributed by atoms with E-state index < -0.39 is 0 Å². The van der Waals surface area contributed by atoms with Crippen molar-refractivity contribution in [3.05, 3.63) is 71.8 Å². The summed E-state index contributed by atoms with van der Waals surface area (Å²) in [4.78, 5) is 0. The van der Waals surface area contributed by atoms with E-state index in [1.54, 1.807) is 0 Å². The molecule has 2 unspecified atom stereocenters. The SMILES string of the molecule is CC1CNCC(C(c2ccccc2)c2ccccc2)O1. The lowest BCUT2D eigenvalue weighted by Gasteiger charge is -2.35. The molecule has 1 fully saturated rings. The van der Waals surface area contributed by atoms with E-state index in [9.17, 15) is 0 Å². The summed E-state index contributed by atoms with van der Waals surface area (Å²) in [6.45, 7) is 3.97. The minimum absolute atomic E-state index is 0.184. The first-order chi connectivity index (χ1) is 9.84. The van der Waals surface area contributed by atoms with Crippen molar-refractivity contribution in [1.29, 1.82) is 0 Å². The lowest BCUT2D eigenvalue weighted by molar-refractivity contribution is -0.0347. The number of rotatable bonds is 3. The predicted octanol–water partition coefficient (Wildman–Crippen LogP) is 3.20. The van der Waals surface area contributed by atoms with Gasteiger partial charge in [0.1, 0.15) is 0 Å². The smallest absolute Gasteiger partial charge is 0.0812 e. The van der Waals surface area contributed by atoms with Gasteiger partial charge in [-0.25, -0.2) is 0 Å². The first-order valence-corrected chi connectivity index (χ1v) is 7.30. The van der Waals surface area contributed by atoms with Crippen LogP contribution in [0.5, 0.6) is 0 Å². The molecule has 0 aromatic heterocycles. The Balaban J connectivity index is 1.95. The van der Waals surface area contributed by atoms with Gasteiger partial charge in [-0.1, -0.05) is 60.7 Å².